The number of hydrogen-bond acceptors (Lipinski definition) is 3. The zero-order valence-electron chi connectivity index (χ0n) is 18.4. The van der Waals surface area contributed by atoms with E-state index >= 15 is 0 Å². The molecule has 0 bridgehead atoms. The summed E-state index contributed by atoms with van der Waals surface area (Å²) in [5, 5.41) is 10.6. The molecule has 0 fully saturated rings. The second-order valence-electron chi connectivity index (χ2n) is 8.42. The van der Waals surface area contributed by atoms with E-state index in [1.54, 1.807) is 0 Å². The highest BCUT2D eigenvalue weighted by molar-refractivity contribution is 5.26. The van der Waals surface area contributed by atoms with Crippen LogP contribution in [0.25, 0.3) is 0 Å². The summed E-state index contributed by atoms with van der Waals surface area (Å²) < 4.78 is 8.05. The third-order valence-electron chi connectivity index (χ3n) is 5.19. The monoisotopic (exact) mass is 406 g/mol. The number of hydrogen-bond donors (Lipinski definition) is 1. The van der Waals surface area contributed by atoms with Gasteiger partial charge in [-0.1, -0.05) is 56.3 Å². The van der Waals surface area contributed by atoms with Gasteiger partial charge < -0.3 is 14.4 Å². The van der Waals surface area contributed by atoms with Crippen molar-refractivity contribution in [2.75, 3.05) is 19.7 Å². The van der Waals surface area contributed by atoms with Crippen molar-refractivity contribution >= 4 is 0 Å². The summed E-state index contributed by atoms with van der Waals surface area (Å²) in [5.41, 5.74) is 3.90. The molecule has 0 aliphatic carbocycles. The minimum Gasteiger partial charge on any atom is -0.491 e. The standard InChI is InChI=1S/C26H34N2O2/c1-21(2)16-27(19-25(29)20-30-26-13-5-4-6-14-26)18-24-12-9-15-28(24)17-23-11-8-7-10-22(23)3/h4-15,21,25,29H,16-20H2,1-3H3/t25-/m1/s1. The molecule has 1 heterocycles. The van der Waals surface area contributed by atoms with Gasteiger partial charge in [-0.25, -0.2) is 0 Å². The second-order valence-corrected chi connectivity index (χ2v) is 8.42. The van der Waals surface area contributed by atoms with Crippen molar-refractivity contribution in [3.05, 3.63) is 89.7 Å². The van der Waals surface area contributed by atoms with Crippen LogP contribution >= 0.6 is 0 Å². The van der Waals surface area contributed by atoms with E-state index in [4.69, 9.17) is 4.74 Å². The number of nitrogens with zero attached hydrogens (tertiary/aromatic N) is 2. The highest BCUT2D eigenvalue weighted by Gasteiger charge is 2.16. The fraction of sp³-hybridized carbons (Fsp3) is 0.385. The highest BCUT2D eigenvalue weighted by Crippen LogP contribution is 2.15. The molecular weight excluding hydrogens is 372 g/mol. The van der Waals surface area contributed by atoms with E-state index < -0.39 is 6.10 Å². The van der Waals surface area contributed by atoms with Crippen LogP contribution in [0.15, 0.2) is 72.9 Å². The maximum absolute atomic E-state index is 10.6. The normalized spacial score (nSPS) is 12.5. The second kappa shape index (κ2) is 11.0. The minimum absolute atomic E-state index is 0.294. The molecule has 0 amide bonds. The lowest BCUT2D eigenvalue weighted by molar-refractivity contribution is 0.0607. The van der Waals surface area contributed by atoms with Crippen LogP contribution in [-0.2, 0) is 13.1 Å². The first-order chi connectivity index (χ1) is 14.5. The van der Waals surface area contributed by atoms with Crippen LogP contribution in [0.5, 0.6) is 5.75 Å². The maximum atomic E-state index is 10.6. The van der Waals surface area contributed by atoms with E-state index in [2.05, 4.69) is 72.8 Å². The zero-order chi connectivity index (χ0) is 21.3. The Hall–Kier alpha value is -2.56. The van der Waals surface area contributed by atoms with Gasteiger partial charge in [-0.2, -0.15) is 0 Å². The molecule has 0 saturated heterocycles. The van der Waals surface area contributed by atoms with E-state index in [0.29, 0.717) is 19.1 Å². The fourth-order valence-corrected chi connectivity index (χ4v) is 3.73. The summed E-state index contributed by atoms with van der Waals surface area (Å²) in [5.74, 6) is 1.31. The Balaban J connectivity index is 1.62. The molecule has 2 aromatic carbocycles. The number of ether oxygens (including phenoxy) is 1. The lowest BCUT2D eigenvalue weighted by Crippen LogP contribution is -2.37. The van der Waals surface area contributed by atoms with Crippen molar-refractivity contribution < 1.29 is 9.84 Å². The quantitative estimate of drug-likeness (QED) is 0.500. The van der Waals surface area contributed by atoms with Gasteiger partial charge in [0.1, 0.15) is 18.5 Å². The number of rotatable bonds is 11. The Morgan fingerprint density at radius 2 is 1.67 bits per heavy atom. The lowest BCUT2D eigenvalue weighted by atomic mass is 10.1. The van der Waals surface area contributed by atoms with E-state index in [9.17, 15) is 5.11 Å². The highest BCUT2D eigenvalue weighted by atomic mass is 16.5. The topological polar surface area (TPSA) is 37.6 Å². The number of aliphatic hydroxyl groups is 1. The summed E-state index contributed by atoms with van der Waals surface area (Å²) >= 11 is 0. The van der Waals surface area contributed by atoms with Crippen LogP contribution in [0.2, 0.25) is 0 Å². The first-order valence-corrected chi connectivity index (χ1v) is 10.8. The van der Waals surface area contributed by atoms with Crippen molar-refractivity contribution in [3.63, 3.8) is 0 Å². The minimum atomic E-state index is -0.538. The van der Waals surface area contributed by atoms with Gasteiger partial charge in [-0.05, 0) is 48.2 Å². The van der Waals surface area contributed by atoms with Crippen molar-refractivity contribution in [1.82, 2.24) is 9.47 Å². The van der Waals surface area contributed by atoms with Gasteiger partial charge in [-0.15, -0.1) is 0 Å². The average Bonchev–Trinajstić information content (AvgIpc) is 3.15. The molecule has 3 rings (SSSR count). The summed E-state index contributed by atoms with van der Waals surface area (Å²) in [6, 6.07) is 22.5. The number of benzene rings is 2. The molecule has 1 atom stereocenters. The Bertz CT molecular complexity index is 889. The summed E-state index contributed by atoms with van der Waals surface area (Å²) in [6.07, 6.45) is 1.60. The molecule has 30 heavy (non-hydrogen) atoms. The zero-order valence-corrected chi connectivity index (χ0v) is 18.4. The van der Waals surface area contributed by atoms with Gasteiger partial charge >= 0.3 is 0 Å². The summed E-state index contributed by atoms with van der Waals surface area (Å²) in [4.78, 5) is 2.33. The Labute approximate surface area is 180 Å². The van der Waals surface area contributed by atoms with Gasteiger partial charge in [0.2, 0.25) is 0 Å². The third-order valence-corrected chi connectivity index (χ3v) is 5.19. The third kappa shape index (κ3) is 6.75. The lowest BCUT2D eigenvalue weighted by Gasteiger charge is -2.27. The van der Waals surface area contributed by atoms with Crippen molar-refractivity contribution in [2.24, 2.45) is 5.92 Å². The van der Waals surface area contributed by atoms with Crippen LogP contribution in [0.3, 0.4) is 0 Å². The smallest absolute Gasteiger partial charge is 0.119 e. The summed E-state index contributed by atoms with van der Waals surface area (Å²) in [6.45, 7) is 10.1. The molecule has 1 aromatic heterocycles. The maximum Gasteiger partial charge on any atom is 0.119 e. The molecule has 160 valence electrons. The van der Waals surface area contributed by atoms with Crippen LogP contribution in [-0.4, -0.2) is 40.4 Å². The number of aryl methyl sites for hydroxylation is 1. The van der Waals surface area contributed by atoms with Crippen LogP contribution < -0.4 is 4.74 Å². The van der Waals surface area contributed by atoms with Crippen molar-refractivity contribution in [3.8, 4) is 5.75 Å². The molecule has 3 aromatic rings. The van der Waals surface area contributed by atoms with Crippen molar-refractivity contribution in [1.29, 1.82) is 0 Å². The molecule has 4 heteroatoms. The molecule has 0 spiro atoms. The predicted molar refractivity (Wildman–Crippen MR) is 123 cm³/mol. The first kappa shape index (κ1) is 22.1. The average molecular weight is 407 g/mol. The SMILES string of the molecule is Cc1ccccc1Cn1cccc1CN(CC(C)C)C[C@@H](O)COc1ccccc1. The Morgan fingerprint density at radius 3 is 2.40 bits per heavy atom. The van der Waals surface area contributed by atoms with E-state index in [0.717, 1.165) is 25.4 Å². The van der Waals surface area contributed by atoms with E-state index in [1.807, 2.05) is 30.3 Å². The molecular formula is C26H34N2O2. The number of aromatic nitrogens is 1. The fourth-order valence-electron chi connectivity index (χ4n) is 3.73. The van der Waals surface area contributed by atoms with Crippen molar-refractivity contribution in [2.45, 2.75) is 40.0 Å². The number of aliphatic hydroxyl groups excluding tert-OH is 1. The van der Waals surface area contributed by atoms with Crippen LogP contribution in [0, 0.1) is 12.8 Å². The molecule has 0 radical (unpaired) electrons. The molecule has 0 aliphatic heterocycles. The molecule has 0 unspecified atom stereocenters. The van der Waals surface area contributed by atoms with Gasteiger partial charge in [-0.3, -0.25) is 4.90 Å². The largest absolute Gasteiger partial charge is 0.491 e. The van der Waals surface area contributed by atoms with E-state index in [1.165, 1.54) is 16.8 Å². The van der Waals surface area contributed by atoms with E-state index in [-0.39, 0.29) is 0 Å². The Kier molecular flexibility index (Phi) is 8.12. The van der Waals surface area contributed by atoms with Gasteiger partial charge in [0, 0.05) is 38.1 Å². The Morgan fingerprint density at radius 1 is 0.933 bits per heavy atom. The van der Waals surface area contributed by atoms with Gasteiger partial charge in [0.05, 0.1) is 0 Å². The van der Waals surface area contributed by atoms with Crippen LogP contribution in [0.1, 0.15) is 30.7 Å². The summed E-state index contributed by atoms with van der Waals surface area (Å²) in [7, 11) is 0. The van der Waals surface area contributed by atoms with Gasteiger partial charge in [0.15, 0.2) is 0 Å². The van der Waals surface area contributed by atoms with Crippen LogP contribution in [0.4, 0.5) is 0 Å². The first-order valence-electron chi connectivity index (χ1n) is 10.8. The molecule has 4 nitrogen and oxygen atoms in total. The molecule has 0 aliphatic rings. The molecule has 1 N–H and O–H groups in total. The van der Waals surface area contributed by atoms with Gasteiger partial charge in [0.25, 0.3) is 0 Å². The molecule has 0 saturated carbocycles. The number of para-hydroxylation sites is 1. The predicted octanol–water partition coefficient (Wildman–Crippen LogP) is 4.74.